The molecule has 104 valence electrons. The smallest absolute Gasteiger partial charge is 0.339 e. The fourth-order valence-electron chi connectivity index (χ4n) is 1.32. The second kappa shape index (κ2) is 6.17. The summed E-state index contributed by atoms with van der Waals surface area (Å²) in [6.07, 6.45) is 3.42. The molecule has 19 heavy (non-hydrogen) atoms. The second-order valence-corrected chi connectivity index (χ2v) is 4.75. The molecule has 0 radical (unpaired) electrons. The molecule has 1 heterocycles. The number of amides is 1. The molecule has 1 amide bonds. The number of carbonyl (C=O) groups is 2. The third kappa shape index (κ3) is 4.57. The van der Waals surface area contributed by atoms with E-state index in [1.165, 1.54) is 18.5 Å². The molecule has 0 aliphatic carbocycles. The van der Waals surface area contributed by atoms with Crippen molar-refractivity contribution in [2.75, 3.05) is 6.61 Å². The lowest BCUT2D eigenvalue weighted by Gasteiger charge is -2.24. The molecule has 0 aliphatic heterocycles. The van der Waals surface area contributed by atoms with Crippen LogP contribution in [0.25, 0.3) is 0 Å². The van der Waals surface area contributed by atoms with Crippen LogP contribution in [-0.2, 0) is 4.79 Å². The third-order valence-corrected chi connectivity index (χ3v) is 2.74. The summed E-state index contributed by atoms with van der Waals surface area (Å²) in [7, 11) is 0. The van der Waals surface area contributed by atoms with Gasteiger partial charge in [-0.2, -0.15) is 0 Å². The first kappa shape index (κ1) is 14.9. The minimum absolute atomic E-state index is 0.0162. The van der Waals surface area contributed by atoms with Gasteiger partial charge in [-0.1, -0.05) is 6.92 Å². The van der Waals surface area contributed by atoms with Crippen molar-refractivity contribution < 1.29 is 19.4 Å². The van der Waals surface area contributed by atoms with Gasteiger partial charge in [0.15, 0.2) is 12.4 Å². The Morgan fingerprint density at radius 3 is 2.74 bits per heavy atom. The van der Waals surface area contributed by atoms with E-state index in [0.717, 1.165) is 6.42 Å². The molecular formula is C13H18N2O4. The van der Waals surface area contributed by atoms with Crippen LogP contribution in [0.1, 0.15) is 37.6 Å². The van der Waals surface area contributed by atoms with Gasteiger partial charge in [-0.15, -0.1) is 0 Å². The molecule has 0 spiro atoms. The van der Waals surface area contributed by atoms with Gasteiger partial charge in [-0.25, -0.2) is 4.79 Å². The molecule has 0 saturated carbocycles. The van der Waals surface area contributed by atoms with Crippen LogP contribution in [0.15, 0.2) is 18.5 Å². The average molecular weight is 266 g/mol. The van der Waals surface area contributed by atoms with Crippen molar-refractivity contribution in [1.82, 2.24) is 10.3 Å². The van der Waals surface area contributed by atoms with E-state index in [2.05, 4.69) is 10.3 Å². The molecule has 1 aromatic heterocycles. The standard InChI is InChI=1S/C13H18N2O4/c1-4-13(2,3)15-11(16)8-19-10-7-14-6-5-9(10)12(17)18/h5-7H,4,8H2,1-3H3,(H,15,16)(H,17,18). The Labute approximate surface area is 111 Å². The van der Waals surface area contributed by atoms with Crippen molar-refractivity contribution in [2.24, 2.45) is 0 Å². The zero-order chi connectivity index (χ0) is 14.5. The van der Waals surface area contributed by atoms with Crippen molar-refractivity contribution >= 4 is 11.9 Å². The highest BCUT2D eigenvalue weighted by atomic mass is 16.5. The van der Waals surface area contributed by atoms with Crippen LogP contribution in [0.5, 0.6) is 5.75 Å². The van der Waals surface area contributed by atoms with Crippen molar-refractivity contribution in [1.29, 1.82) is 0 Å². The summed E-state index contributed by atoms with van der Waals surface area (Å²) in [6, 6.07) is 1.32. The Kier molecular flexibility index (Phi) is 4.86. The summed E-state index contributed by atoms with van der Waals surface area (Å²) in [5.41, 5.74) is -0.331. The minimum atomic E-state index is -1.12. The first-order chi connectivity index (χ1) is 8.85. The first-order valence-corrected chi connectivity index (χ1v) is 5.97. The van der Waals surface area contributed by atoms with Crippen LogP contribution in [0, 0.1) is 0 Å². The number of hydrogen-bond donors (Lipinski definition) is 2. The van der Waals surface area contributed by atoms with Crippen molar-refractivity contribution in [2.45, 2.75) is 32.7 Å². The predicted octanol–water partition coefficient (Wildman–Crippen LogP) is 1.46. The number of ether oxygens (including phenoxy) is 1. The number of pyridine rings is 1. The van der Waals surface area contributed by atoms with Crippen LogP contribution < -0.4 is 10.1 Å². The van der Waals surface area contributed by atoms with E-state index < -0.39 is 5.97 Å². The number of nitrogens with zero attached hydrogens (tertiary/aromatic N) is 1. The number of nitrogens with one attached hydrogen (secondary N) is 1. The Morgan fingerprint density at radius 2 is 2.16 bits per heavy atom. The van der Waals surface area contributed by atoms with Gasteiger partial charge in [0.2, 0.25) is 0 Å². The SMILES string of the molecule is CCC(C)(C)NC(=O)COc1cnccc1C(=O)O. The molecule has 6 heteroatoms. The molecular weight excluding hydrogens is 248 g/mol. The fourth-order valence-corrected chi connectivity index (χ4v) is 1.32. The third-order valence-electron chi connectivity index (χ3n) is 2.74. The van der Waals surface area contributed by atoms with Gasteiger partial charge in [-0.05, 0) is 26.3 Å². The first-order valence-electron chi connectivity index (χ1n) is 5.97. The number of aromatic carboxylic acids is 1. The number of carboxylic acid groups (broad SMARTS) is 1. The lowest BCUT2D eigenvalue weighted by atomic mass is 10.0. The number of aromatic nitrogens is 1. The molecule has 0 aliphatic rings. The maximum Gasteiger partial charge on any atom is 0.339 e. The van der Waals surface area contributed by atoms with Gasteiger partial charge in [0.1, 0.15) is 5.56 Å². The quantitative estimate of drug-likeness (QED) is 0.813. The van der Waals surface area contributed by atoms with Gasteiger partial charge < -0.3 is 15.2 Å². The molecule has 0 aromatic carbocycles. The van der Waals surface area contributed by atoms with E-state index in [-0.39, 0.29) is 29.4 Å². The Bertz CT molecular complexity index is 471. The average Bonchev–Trinajstić information content (AvgIpc) is 2.36. The Hall–Kier alpha value is -2.11. The number of rotatable bonds is 6. The summed E-state index contributed by atoms with van der Waals surface area (Å²) in [5.74, 6) is -1.34. The van der Waals surface area contributed by atoms with E-state index in [9.17, 15) is 9.59 Å². The van der Waals surface area contributed by atoms with E-state index >= 15 is 0 Å². The van der Waals surface area contributed by atoms with E-state index in [1.807, 2.05) is 20.8 Å². The largest absolute Gasteiger partial charge is 0.481 e. The van der Waals surface area contributed by atoms with E-state index in [4.69, 9.17) is 9.84 Å². The predicted molar refractivity (Wildman–Crippen MR) is 69.2 cm³/mol. The lowest BCUT2D eigenvalue weighted by Crippen LogP contribution is -2.44. The number of hydrogen-bond acceptors (Lipinski definition) is 4. The second-order valence-electron chi connectivity index (χ2n) is 4.75. The monoisotopic (exact) mass is 266 g/mol. The molecule has 0 bridgehead atoms. The zero-order valence-corrected chi connectivity index (χ0v) is 11.3. The zero-order valence-electron chi connectivity index (χ0n) is 11.3. The summed E-state index contributed by atoms with van der Waals surface area (Å²) in [4.78, 5) is 26.4. The van der Waals surface area contributed by atoms with Crippen molar-refractivity contribution in [3.63, 3.8) is 0 Å². The maximum absolute atomic E-state index is 11.7. The molecule has 0 atom stereocenters. The van der Waals surface area contributed by atoms with Crippen LogP contribution in [0.2, 0.25) is 0 Å². The number of carboxylic acids is 1. The highest BCUT2D eigenvalue weighted by molar-refractivity contribution is 5.90. The van der Waals surface area contributed by atoms with Crippen LogP contribution >= 0.6 is 0 Å². The van der Waals surface area contributed by atoms with Gasteiger partial charge in [0.05, 0.1) is 6.20 Å². The van der Waals surface area contributed by atoms with E-state index in [0.29, 0.717) is 0 Å². The molecule has 0 saturated heterocycles. The van der Waals surface area contributed by atoms with Gasteiger partial charge in [0.25, 0.3) is 5.91 Å². The summed E-state index contributed by atoms with van der Waals surface area (Å²) >= 11 is 0. The van der Waals surface area contributed by atoms with Crippen molar-refractivity contribution in [3.8, 4) is 5.75 Å². The molecule has 2 N–H and O–H groups in total. The van der Waals surface area contributed by atoms with E-state index in [1.54, 1.807) is 0 Å². The van der Waals surface area contributed by atoms with Gasteiger partial charge in [-0.3, -0.25) is 9.78 Å². The van der Waals surface area contributed by atoms with Gasteiger partial charge >= 0.3 is 5.97 Å². The fraction of sp³-hybridized carbons (Fsp3) is 0.462. The summed E-state index contributed by atoms with van der Waals surface area (Å²) in [6.45, 7) is 5.52. The lowest BCUT2D eigenvalue weighted by molar-refractivity contribution is -0.124. The highest BCUT2D eigenvalue weighted by Crippen LogP contribution is 2.16. The number of carbonyl (C=O) groups excluding carboxylic acids is 1. The van der Waals surface area contributed by atoms with Crippen LogP contribution in [0.4, 0.5) is 0 Å². The molecule has 1 aromatic rings. The topological polar surface area (TPSA) is 88.5 Å². The Morgan fingerprint density at radius 1 is 1.47 bits per heavy atom. The van der Waals surface area contributed by atoms with Gasteiger partial charge in [0, 0.05) is 11.7 Å². The molecule has 6 nitrogen and oxygen atoms in total. The normalized spacial score (nSPS) is 10.9. The highest BCUT2D eigenvalue weighted by Gasteiger charge is 2.19. The maximum atomic E-state index is 11.7. The Balaban J connectivity index is 2.63. The van der Waals surface area contributed by atoms with Crippen LogP contribution in [0.3, 0.4) is 0 Å². The van der Waals surface area contributed by atoms with Crippen molar-refractivity contribution in [3.05, 3.63) is 24.0 Å². The molecule has 0 fully saturated rings. The molecule has 1 rings (SSSR count). The summed E-state index contributed by atoms with van der Waals surface area (Å²) < 4.78 is 5.20. The van der Waals surface area contributed by atoms with Crippen LogP contribution in [-0.4, -0.2) is 34.1 Å². The minimum Gasteiger partial charge on any atom is -0.481 e. The summed E-state index contributed by atoms with van der Waals surface area (Å²) in [5, 5.41) is 11.7. The molecule has 0 unspecified atom stereocenters.